The zero-order valence-corrected chi connectivity index (χ0v) is 13.2. The molecule has 0 aliphatic carbocycles. The summed E-state index contributed by atoms with van der Waals surface area (Å²) in [6.45, 7) is 6.37. The van der Waals surface area contributed by atoms with Gasteiger partial charge in [0.2, 0.25) is 0 Å². The lowest BCUT2D eigenvalue weighted by atomic mass is 10.2. The molecule has 0 bridgehead atoms. The molecule has 1 saturated heterocycles. The van der Waals surface area contributed by atoms with Crippen LogP contribution in [0, 0.1) is 3.57 Å². The Kier molecular flexibility index (Phi) is 5.59. The monoisotopic (exact) mass is 374 g/mol. The number of carbonyl (C=O) groups excluding carboxylic acids is 1. The van der Waals surface area contributed by atoms with Crippen LogP contribution < -0.4 is 5.32 Å². The first kappa shape index (κ1) is 14.7. The van der Waals surface area contributed by atoms with E-state index in [9.17, 15) is 4.79 Å². The summed E-state index contributed by atoms with van der Waals surface area (Å²) in [6, 6.07) is 7.59. The number of benzene rings is 1. The molecule has 104 valence electrons. The first-order chi connectivity index (χ1) is 9.20. The second-order valence-electron chi connectivity index (χ2n) is 4.58. The molecule has 0 spiro atoms. The lowest BCUT2D eigenvalue weighted by Gasteiger charge is -2.32. The van der Waals surface area contributed by atoms with Crippen molar-refractivity contribution in [2.75, 3.05) is 32.8 Å². The summed E-state index contributed by atoms with van der Waals surface area (Å²) >= 11 is 2.18. The predicted octanol–water partition coefficient (Wildman–Crippen LogP) is 1.74. The van der Waals surface area contributed by atoms with Crippen LogP contribution in [0.2, 0.25) is 0 Å². The molecule has 0 saturated carbocycles. The van der Waals surface area contributed by atoms with Gasteiger partial charge in [-0.3, -0.25) is 9.69 Å². The molecule has 1 aliphatic heterocycles. The van der Waals surface area contributed by atoms with Crippen LogP contribution in [-0.4, -0.2) is 49.7 Å². The van der Waals surface area contributed by atoms with E-state index < -0.39 is 0 Å². The van der Waals surface area contributed by atoms with Gasteiger partial charge in [0, 0.05) is 23.2 Å². The van der Waals surface area contributed by atoms with Crippen molar-refractivity contribution < 1.29 is 9.53 Å². The van der Waals surface area contributed by atoms with E-state index >= 15 is 0 Å². The van der Waals surface area contributed by atoms with Crippen molar-refractivity contribution in [2.45, 2.75) is 13.0 Å². The highest BCUT2D eigenvalue weighted by atomic mass is 127. The largest absolute Gasteiger partial charge is 0.374 e. The fourth-order valence-corrected chi connectivity index (χ4v) is 2.77. The van der Waals surface area contributed by atoms with Gasteiger partial charge in [0.05, 0.1) is 18.3 Å². The Labute approximate surface area is 127 Å². The third-order valence-corrected chi connectivity index (χ3v) is 4.22. The van der Waals surface area contributed by atoms with Crippen molar-refractivity contribution in [3.8, 4) is 0 Å². The third-order valence-electron chi connectivity index (χ3n) is 3.28. The SMILES string of the molecule is CCN1CCOC(CNC(=O)c2ccccc2I)C1. The number of likely N-dealkylation sites (N-methyl/N-ethyl adjacent to an activating group) is 1. The molecule has 2 rings (SSSR count). The molecule has 1 heterocycles. The lowest BCUT2D eigenvalue weighted by Crippen LogP contribution is -2.47. The van der Waals surface area contributed by atoms with Crippen LogP contribution in [0.3, 0.4) is 0 Å². The van der Waals surface area contributed by atoms with E-state index in [0.717, 1.165) is 35.4 Å². The number of hydrogen-bond donors (Lipinski definition) is 1. The van der Waals surface area contributed by atoms with Crippen LogP contribution in [0.1, 0.15) is 17.3 Å². The third kappa shape index (κ3) is 4.15. The van der Waals surface area contributed by atoms with Gasteiger partial charge >= 0.3 is 0 Å². The second-order valence-corrected chi connectivity index (χ2v) is 5.74. The van der Waals surface area contributed by atoms with Gasteiger partial charge in [-0.2, -0.15) is 0 Å². The fourth-order valence-electron chi connectivity index (χ4n) is 2.14. The summed E-state index contributed by atoms with van der Waals surface area (Å²) in [5.74, 6) is -0.0257. The van der Waals surface area contributed by atoms with E-state index in [1.54, 1.807) is 0 Å². The Balaban J connectivity index is 1.85. The molecule has 19 heavy (non-hydrogen) atoms. The maximum atomic E-state index is 12.1. The molecule has 1 fully saturated rings. The van der Waals surface area contributed by atoms with E-state index in [2.05, 4.69) is 39.7 Å². The minimum atomic E-state index is -0.0257. The zero-order chi connectivity index (χ0) is 13.7. The van der Waals surface area contributed by atoms with Gasteiger partial charge in [-0.25, -0.2) is 0 Å². The maximum absolute atomic E-state index is 12.1. The number of nitrogens with one attached hydrogen (secondary N) is 1. The quantitative estimate of drug-likeness (QED) is 0.817. The van der Waals surface area contributed by atoms with Gasteiger partial charge in [0.1, 0.15) is 0 Å². The Hall–Kier alpha value is -0.660. The van der Waals surface area contributed by atoms with Crippen LogP contribution >= 0.6 is 22.6 Å². The number of rotatable bonds is 4. The summed E-state index contributed by atoms with van der Waals surface area (Å²) in [4.78, 5) is 14.4. The Morgan fingerprint density at radius 1 is 1.53 bits per heavy atom. The van der Waals surface area contributed by atoms with Crippen LogP contribution in [0.5, 0.6) is 0 Å². The highest BCUT2D eigenvalue weighted by Gasteiger charge is 2.20. The molecule has 1 aliphatic rings. The number of ether oxygens (including phenoxy) is 1. The zero-order valence-electron chi connectivity index (χ0n) is 11.1. The van der Waals surface area contributed by atoms with Gasteiger partial charge in [-0.15, -0.1) is 0 Å². The molecule has 1 N–H and O–H groups in total. The van der Waals surface area contributed by atoms with E-state index in [-0.39, 0.29) is 12.0 Å². The van der Waals surface area contributed by atoms with Crippen molar-refractivity contribution in [2.24, 2.45) is 0 Å². The maximum Gasteiger partial charge on any atom is 0.252 e. The standard InChI is InChI=1S/C14H19IN2O2/c1-2-17-7-8-19-11(10-17)9-16-14(18)12-5-3-4-6-13(12)15/h3-6,11H,2,7-10H2,1H3,(H,16,18). The van der Waals surface area contributed by atoms with Crippen LogP contribution in [-0.2, 0) is 4.74 Å². The van der Waals surface area contributed by atoms with Crippen LogP contribution in [0.25, 0.3) is 0 Å². The summed E-state index contributed by atoms with van der Waals surface area (Å²) < 4.78 is 6.64. The lowest BCUT2D eigenvalue weighted by molar-refractivity contribution is -0.0246. The van der Waals surface area contributed by atoms with E-state index in [4.69, 9.17) is 4.74 Å². The first-order valence-electron chi connectivity index (χ1n) is 6.57. The number of hydrogen-bond acceptors (Lipinski definition) is 3. The summed E-state index contributed by atoms with van der Waals surface area (Å²) in [7, 11) is 0. The number of halogens is 1. The van der Waals surface area contributed by atoms with Crippen molar-refractivity contribution in [3.63, 3.8) is 0 Å². The van der Waals surface area contributed by atoms with Gasteiger partial charge < -0.3 is 10.1 Å². The average Bonchev–Trinajstić information content (AvgIpc) is 2.45. The minimum absolute atomic E-state index is 0.0257. The second kappa shape index (κ2) is 7.21. The number of carbonyl (C=O) groups is 1. The average molecular weight is 374 g/mol. The van der Waals surface area contributed by atoms with Gasteiger partial charge in [0.15, 0.2) is 0 Å². The highest BCUT2D eigenvalue weighted by molar-refractivity contribution is 14.1. The topological polar surface area (TPSA) is 41.6 Å². The Morgan fingerprint density at radius 2 is 2.32 bits per heavy atom. The minimum Gasteiger partial charge on any atom is -0.374 e. The fraction of sp³-hybridized carbons (Fsp3) is 0.500. The highest BCUT2D eigenvalue weighted by Crippen LogP contribution is 2.11. The molecule has 1 amide bonds. The number of nitrogens with zero attached hydrogens (tertiary/aromatic N) is 1. The molecule has 1 aromatic rings. The first-order valence-corrected chi connectivity index (χ1v) is 7.65. The molecular weight excluding hydrogens is 355 g/mol. The van der Waals surface area contributed by atoms with Crippen molar-refractivity contribution in [1.82, 2.24) is 10.2 Å². The summed E-state index contributed by atoms with van der Waals surface area (Å²) in [5, 5.41) is 2.96. The Morgan fingerprint density at radius 3 is 3.05 bits per heavy atom. The van der Waals surface area contributed by atoms with E-state index in [1.807, 2.05) is 24.3 Å². The Bertz CT molecular complexity index is 439. The predicted molar refractivity (Wildman–Crippen MR) is 83.3 cm³/mol. The van der Waals surface area contributed by atoms with Gasteiger partial charge in [0.25, 0.3) is 5.91 Å². The van der Waals surface area contributed by atoms with Crippen molar-refractivity contribution >= 4 is 28.5 Å². The van der Waals surface area contributed by atoms with E-state index in [0.29, 0.717) is 6.54 Å². The number of morpholine rings is 1. The molecule has 1 unspecified atom stereocenters. The van der Waals surface area contributed by atoms with Gasteiger partial charge in [-0.05, 0) is 41.3 Å². The van der Waals surface area contributed by atoms with Crippen molar-refractivity contribution in [3.05, 3.63) is 33.4 Å². The molecule has 0 aromatic heterocycles. The molecule has 4 nitrogen and oxygen atoms in total. The smallest absolute Gasteiger partial charge is 0.252 e. The van der Waals surface area contributed by atoms with Crippen molar-refractivity contribution in [1.29, 1.82) is 0 Å². The molecule has 1 atom stereocenters. The van der Waals surface area contributed by atoms with Gasteiger partial charge in [-0.1, -0.05) is 19.1 Å². The summed E-state index contributed by atoms with van der Waals surface area (Å²) in [6.07, 6.45) is 0.0963. The normalized spacial score (nSPS) is 20.2. The summed E-state index contributed by atoms with van der Waals surface area (Å²) in [5.41, 5.74) is 0.728. The van der Waals surface area contributed by atoms with E-state index in [1.165, 1.54) is 0 Å². The molecular formula is C14H19IN2O2. The number of amides is 1. The molecule has 1 aromatic carbocycles. The molecule has 0 radical (unpaired) electrons. The van der Waals surface area contributed by atoms with Crippen LogP contribution in [0.4, 0.5) is 0 Å². The molecule has 5 heteroatoms. The van der Waals surface area contributed by atoms with Crippen LogP contribution in [0.15, 0.2) is 24.3 Å².